The Morgan fingerprint density at radius 2 is 1.88 bits per heavy atom. The van der Waals surface area contributed by atoms with E-state index in [9.17, 15) is 13.6 Å². The highest BCUT2D eigenvalue weighted by Crippen LogP contribution is 2.54. The molecule has 1 saturated carbocycles. The summed E-state index contributed by atoms with van der Waals surface area (Å²) < 4.78 is 25.9. The molecule has 0 spiro atoms. The summed E-state index contributed by atoms with van der Waals surface area (Å²) in [5, 5.41) is 9.16. The van der Waals surface area contributed by atoms with Crippen LogP contribution in [-0.2, 0) is 10.2 Å². The zero-order chi connectivity index (χ0) is 12.0. The van der Waals surface area contributed by atoms with Crippen LogP contribution in [0.1, 0.15) is 24.0 Å². The minimum absolute atomic E-state index is 0.508. The van der Waals surface area contributed by atoms with E-state index in [0.29, 0.717) is 5.56 Å². The molecule has 0 atom stereocenters. The molecule has 0 aliphatic heterocycles. The van der Waals surface area contributed by atoms with Crippen LogP contribution in [0.15, 0.2) is 24.3 Å². The Bertz CT molecular complexity index is 432. The Kier molecular flexibility index (Phi) is 2.26. The van der Waals surface area contributed by atoms with Crippen LogP contribution < -0.4 is 0 Å². The first kappa shape index (κ1) is 11.0. The SMILES string of the molecule is Cc1ccccc1C1(C(=O)O)CC(F)(F)C1. The minimum atomic E-state index is -2.85. The highest BCUT2D eigenvalue weighted by molar-refractivity contribution is 5.83. The lowest BCUT2D eigenvalue weighted by Crippen LogP contribution is -2.54. The van der Waals surface area contributed by atoms with Crippen molar-refractivity contribution in [2.45, 2.75) is 31.1 Å². The van der Waals surface area contributed by atoms with Crippen molar-refractivity contribution < 1.29 is 18.7 Å². The quantitative estimate of drug-likeness (QED) is 0.841. The van der Waals surface area contributed by atoms with E-state index in [0.717, 1.165) is 5.56 Å². The topological polar surface area (TPSA) is 37.3 Å². The smallest absolute Gasteiger partial charge is 0.314 e. The second-order valence-electron chi connectivity index (χ2n) is 4.41. The van der Waals surface area contributed by atoms with Gasteiger partial charge in [0.25, 0.3) is 5.92 Å². The first-order valence-corrected chi connectivity index (χ1v) is 5.05. The highest BCUT2D eigenvalue weighted by atomic mass is 19.3. The van der Waals surface area contributed by atoms with Crippen molar-refractivity contribution in [1.29, 1.82) is 0 Å². The maximum atomic E-state index is 12.9. The molecular formula is C12H12F2O2. The molecule has 0 radical (unpaired) electrons. The summed E-state index contributed by atoms with van der Waals surface area (Å²) in [7, 11) is 0. The van der Waals surface area contributed by atoms with Gasteiger partial charge in [0.2, 0.25) is 0 Å². The molecule has 0 heterocycles. The number of benzene rings is 1. The predicted octanol–water partition coefficient (Wildman–Crippen LogP) is 2.75. The van der Waals surface area contributed by atoms with Gasteiger partial charge in [-0.15, -0.1) is 0 Å². The Morgan fingerprint density at radius 1 is 1.31 bits per heavy atom. The van der Waals surface area contributed by atoms with Crippen molar-refractivity contribution in [2.24, 2.45) is 0 Å². The number of carbonyl (C=O) groups is 1. The fourth-order valence-corrected chi connectivity index (χ4v) is 2.40. The van der Waals surface area contributed by atoms with Crippen molar-refractivity contribution >= 4 is 5.97 Å². The molecule has 1 aromatic carbocycles. The lowest BCUT2D eigenvalue weighted by molar-refractivity contribution is -0.174. The first-order valence-electron chi connectivity index (χ1n) is 5.05. The van der Waals surface area contributed by atoms with Gasteiger partial charge >= 0.3 is 5.97 Å². The molecule has 1 N–H and O–H groups in total. The lowest BCUT2D eigenvalue weighted by Gasteiger charge is -2.44. The number of aryl methyl sites for hydroxylation is 1. The molecule has 0 saturated heterocycles. The molecule has 0 unspecified atom stereocenters. The zero-order valence-electron chi connectivity index (χ0n) is 8.84. The van der Waals surface area contributed by atoms with E-state index in [-0.39, 0.29) is 0 Å². The van der Waals surface area contributed by atoms with Gasteiger partial charge in [0.05, 0.1) is 0 Å². The van der Waals surface area contributed by atoms with Gasteiger partial charge in [0, 0.05) is 12.8 Å². The molecule has 1 aliphatic carbocycles. The molecular weight excluding hydrogens is 214 g/mol. The summed E-state index contributed by atoms with van der Waals surface area (Å²) in [6.07, 6.45) is -1.19. The van der Waals surface area contributed by atoms with Gasteiger partial charge in [-0.3, -0.25) is 4.79 Å². The zero-order valence-corrected chi connectivity index (χ0v) is 8.84. The average Bonchev–Trinajstić information content (AvgIpc) is 2.14. The number of carboxylic acid groups (broad SMARTS) is 1. The van der Waals surface area contributed by atoms with Crippen LogP contribution >= 0.6 is 0 Å². The minimum Gasteiger partial charge on any atom is -0.481 e. The van der Waals surface area contributed by atoms with E-state index < -0.39 is 30.1 Å². The molecule has 0 aromatic heterocycles. The van der Waals surface area contributed by atoms with Crippen molar-refractivity contribution in [3.63, 3.8) is 0 Å². The van der Waals surface area contributed by atoms with E-state index in [4.69, 9.17) is 5.11 Å². The number of alkyl halides is 2. The molecule has 1 aliphatic rings. The molecule has 1 fully saturated rings. The third-order valence-electron chi connectivity index (χ3n) is 3.19. The maximum Gasteiger partial charge on any atom is 0.314 e. The van der Waals surface area contributed by atoms with Crippen molar-refractivity contribution in [1.82, 2.24) is 0 Å². The second-order valence-corrected chi connectivity index (χ2v) is 4.41. The van der Waals surface area contributed by atoms with Crippen LogP contribution in [-0.4, -0.2) is 17.0 Å². The van der Waals surface area contributed by atoms with Crippen LogP contribution in [0.2, 0.25) is 0 Å². The number of hydrogen-bond acceptors (Lipinski definition) is 1. The molecule has 2 rings (SSSR count). The monoisotopic (exact) mass is 226 g/mol. The van der Waals surface area contributed by atoms with Gasteiger partial charge in [0.1, 0.15) is 5.41 Å². The summed E-state index contributed by atoms with van der Waals surface area (Å²) in [5.74, 6) is -4.01. The standard InChI is InChI=1S/C12H12F2O2/c1-8-4-2-3-5-9(8)11(10(15)16)6-12(13,14)7-11/h2-5H,6-7H2,1H3,(H,15,16). The van der Waals surface area contributed by atoms with Gasteiger partial charge in [-0.05, 0) is 18.1 Å². The Labute approximate surface area is 91.9 Å². The van der Waals surface area contributed by atoms with Gasteiger partial charge in [-0.1, -0.05) is 24.3 Å². The van der Waals surface area contributed by atoms with Crippen LogP contribution in [0.25, 0.3) is 0 Å². The van der Waals surface area contributed by atoms with Gasteiger partial charge < -0.3 is 5.11 Å². The molecule has 1 aromatic rings. The summed E-state index contributed by atoms with van der Waals surface area (Å²) in [6, 6.07) is 6.82. The van der Waals surface area contributed by atoms with Gasteiger partial charge in [-0.2, -0.15) is 0 Å². The summed E-state index contributed by atoms with van der Waals surface area (Å²) in [6.45, 7) is 1.75. The van der Waals surface area contributed by atoms with Crippen LogP contribution in [0.3, 0.4) is 0 Å². The lowest BCUT2D eigenvalue weighted by atomic mass is 9.61. The van der Waals surface area contributed by atoms with Crippen LogP contribution in [0.5, 0.6) is 0 Å². The molecule has 16 heavy (non-hydrogen) atoms. The second kappa shape index (κ2) is 3.27. The average molecular weight is 226 g/mol. The summed E-state index contributed by atoms with van der Waals surface area (Å²) in [5.41, 5.74) is -0.136. The van der Waals surface area contributed by atoms with Gasteiger partial charge in [-0.25, -0.2) is 8.78 Å². The van der Waals surface area contributed by atoms with Crippen LogP contribution in [0.4, 0.5) is 8.78 Å². The largest absolute Gasteiger partial charge is 0.481 e. The fraction of sp³-hybridized carbons (Fsp3) is 0.417. The van der Waals surface area contributed by atoms with Crippen molar-refractivity contribution in [3.05, 3.63) is 35.4 Å². The predicted molar refractivity (Wildman–Crippen MR) is 54.7 cm³/mol. The first-order chi connectivity index (χ1) is 7.37. The van der Waals surface area contributed by atoms with Crippen molar-refractivity contribution in [2.75, 3.05) is 0 Å². The van der Waals surface area contributed by atoms with E-state index in [1.165, 1.54) is 0 Å². The summed E-state index contributed by atoms with van der Waals surface area (Å²) >= 11 is 0. The van der Waals surface area contributed by atoms with E-state index in [1.54, 1.807) is 31.2 Å². The number of hydrogen-bond donors (Lipinski definition) is 1. The van der Waals surface area contributed by atoms with E-state index in [1.807, 2.05) is 0 Å². The number of aliphatic carboxylic acids is 1. The highest BCUT2D eigenvalue weighted by Gasteiger charge is 2.62. The Balaban J connectivity index is 2.44. The third kappa shape index (κ3) is 1.49. The number of rotatable bonds is 2. The van der Waals surface area contributed by atoms with Crippen LogP contribution in [0, 0.1) is 6.92 Å². The summed E-state index contributed by atoms with van der Waals surface area (Å²) in [4.78, 5) is 11.2. The Morgan fingerprint density at radius 3 is 2.31 bits per heavy atom. The normalized spacial score (nSPS) is 21.2. The molecule has 4 heteroatoms. The molecule has 86 valence electrons. The number of carboxylic acids is 1. The van der Waals surface area contributed by atoms with E-state index in [2.05, 4.69) is 0 Å². The number of halogens is 2. The maximum absolute atomic E-state index is 12.9. The molecule has 0 amide bonds. The molecule has 2 nitrogen and oxygen atoms in total. The third-order valence-corrected chi connectivity index (χ3v) is 3.19. The molecule has 0 bridgehead atoms. The van der Waals surface area contributed by atoms with Crippen molar-refractivity contribution in [3.8, 4) is 0 Å². The Hall–Kier alpha value is -1.45. The van der Waals surface area contributed by atoms with Gasteiger partial charge in [0.15, 0.2) is 0 Å². The van der Waals surface area contributed by atoms with E-state index >= 15 is 0 Å². The fourth-order valence-electron chi connectivity index (χ4n) is 2.40.